The van der Waals surface area contributed by atoms with Crippen molar-refractivity contribution < 1.29 is 9.13 Å². The predicted molar refractivity (Wildman–Crippen MR) is 132 cm³/mol. The molecule has 0 amide bonds. The quantitative estimate of drug-likeness (QED) is 0.262. The van der Waals surface area contributed by atoms with Crippen molar-refractivity contribution in [2.24, 2.45) is 0 Å². The molecule has 0 saturated heterocycles. The van der Waals surface area contributed by atoms with Crippen molar-refractivity contribution in [3.05, 3.63) is 124 Å². The molecule has 0 radical (unpaired) electrons. The summed E-state index contributed by atoms with van der Waals surface area (Å²) in [5.74, 6) is 6.68. The molecule has 0 aliphatic heterocycles. The van der Waals surface area contributed by atoms with Crippen LogP contribution in [0, 0.1) is 17.7 Å². The van der Waals surface area contributed by atoms with E-state index in [1.54, 1.807) is 0 Å². The fraction of sp³-hybridized carbons (Fsp3) is 0.103. The minimum Gasteiger partial charge on any atom is -0.489 e. The Kier molecular flexibility index (Phi) is 7.04. The van der Waals surface area contributed by atoms with Gasteiger partial charge in [-0.25, -0.2) is 4.39 Å². The van der Waals surface area contributed by atoms with Gasteiger partial charge in [0.1, 0.15) is 18.2 Å². The molecule has 0 aromatic heterocycles. The van der Waals surface area contributed by atoms with Crippen LogP contribution in [0.1, 0.15) is 29.2 Å². The summed E-state index contributed by atoms with van der Waals surface area (Å²) in [6, 6.07) is 28.8. The molecule has 0 spiro atoms. The Labute approximate surface area is 197 Å². The van der Waals surface area contributed by atoms with Crippen molar-refractivity contribution in [2.75, 3.05) is 0 Å². The molecular weight excluding hydrogens is 463 g/mol. The summed E-state index contributed by atoms with van der Waals surface area (Å²) < 4.78 is 21.7. The molecule has 4 aromatic rings. The molecule has 0 aliphatic carbocycles. The maximum Gasteiger partial charge on any atom is 0.132 e. The molecule has 0 fully saturated rings. The van der Waals surface area contributed by atoms with Crippen LogP contribution in [0.2, 0.25) is 0 Å². The molecule has 0 atom stereocenters. The lowest BCUT2D eigenvalue weighted by Gasteiger charge is -2.10. The molecule has 0 N–H and O–H groups in total. The molecule has 0 saturated carbocycles. The van der Waals surface area contributed by atoms with Crippen LogP contribution in [0.25, 0.3) is 11.1 Å². The van der Waals surface area contributed by atoms with Gasteiger partial charge in [-0.1, -0.05) is 77.2 Å². The van der Waals surface area contributed by atoms with E-state index >= 15 is 0 Å². The molecule has 0 unspecified atom stereocenters. The summed E-state index contributed by atoms with van der Waals surface area (Å²) in [5, 5.41) is 0. The van der Waals surface area contributed by atoms with Gasteiger partial charge in [-0.3, -0.25) is 0 Å². The molecule has 0 aliphatic rings. The minimum absolute atomic E-state index is 0.265. The Morgan fingerprint density at radius 2 is 1.47 bits per heavy atom. The maximum absolute atomic E-state index is 14.9. The van der Waals surface area contributed by atoms with Crippen LogP contribution in [0.5, 0.6) is 5.75 Å². The minimum atomic E-state index is -0.265. The average Bonchev–Trinajstić information content (AvgIpc) is 2.83. The molecule has 158 valence electrons. The molecule has 1 nitrogen and oxygen atoms in total. The Morgan fingerprint density at radius 1 is 0.781 bits per heavy atom. The van der Waals surface area contributed by atoms with Gasteiger partial charge in [0, 0.05) is 21.2 Å². The van der Waals surface area contributed by atoms with E-state index in [2.05, 4.69) is 34.7 Å². The zero-order valence-corrected chi connectivity index (χ0v) is 19.3. The first-order chi connectivity index (χ1) is 15.6. The van der Waals surface area contributed by atoms with E-state index in [0.717, 1.165) is 38.9 Å². The third-order valence-corrected chi connectivity index (χ3v) is 5.65. The topological polar surface area (TPSA) is 9.23 Å². The van der Waals surface area contributed by atoms with Gasteiger partial charge in [-0.05, 0) is 71.6 Å². The molecular formula is C29H22BrFO. The van der Waals surface area contributed by atoms with Gasteiger partial charge in [-0.15, -0.1) is 0 Å². The van der Waals surface area contributed by atoms with Gasteiger partial charge >= 0.3 is 0 Å². The predicted octanol–water partition coefficient (Wildman–Crippen LogP) is 7.80. The van der Waals surface area contributed by atoms with E-state index in [1.165, 1.54) is 6.07 Å². The fourth-order valence-corrected chi connectivity index (χ4v) is 3.86. The second-order valence-corrected chi connectivity index (χ2v) is 8.31. The highest BCUT2D eigenvalue weighted by molar-refractivity contribution is 9.10. The zero-order chi connectivity index (χ0) is 22.3. The van der Waals surface area contributed by atoms with Crippen LogP contribution in [-0.2, 0) is 13.0 Å². The Hall–Kier alpha value is -3.35. The van der Waals surface area contributed by atoms with Crippen molar-refractivity contribution >= 4 is 15.9 Å². The first kappa shape index (κ1) is 21.9. The molecule has 4 aromatic carbocycles. The van der Waals surface area contributed by atoms with Crippen LogP contribution in [0.15, 0.2) is 95.5 Å². The number of ether oxygens (including phenoxy) is 1. The van der Waals surface area contributed by atoms with E-state index in [-0.39, 0.29) is 5.82 Å². The Morgan fingerprint density at radius 3 is 2.19 bits per heavy atom. The van der Waals surface area contributed by atoms with Crippen LogP contribution in [-0.4, -0.2) is 0 Å². The highest BCUT2D eigenvalue weighted by atomic mass is 79.9. The van der Waals surface area contributed by atoms with Gasteiger partial charge in [0.05, 0.1) is 0 Å². The second kappa shape index (κ2) is 10.3. The number of rotatable bonds is 5. The van der Waals surface area contributed by atoms with Crippen LogP contribution in [0.4, 0.5) is 4.39 Å². The lowest BCUT2D eigenvalue weighted by molar-refractivity contribution is 0.306. The summed E-state index contributed by atoms with van der Waals surface area (Å²) >= 11 is 3.49. The van der Waals surface area contributed by atoms with E-state index in [0.29, 0.717) is 17.7 Å². The number of halogens is 2. The zero-order valence-electron chi connectivity index (χ0n) is 17.7. The van der Waals surface area contributed by atoms with Gasteiger partial charge in [0.15, 0.2) is 0 Å². The Balaban J connectivity index is 1.46. The van der Waals surface area contributed by atoms with Crippen LogP contribution < -0.4 is 4.74 Å². The SMILES string of the molecule is CCc1cc(Br)ccc1-c1ccc(C#Cc2ccc(OCc3ccccc3)cc2)cc1F. The summed E-state index contributed by atoms with van der Waals surface area (Å²) in [5.41, 5.74) is 5.23. The number of benzene rings is 4. The molecule has 4 rings (SSSR count). The summed E-state index contributed by atoms with van der Waals surface area (Å²) in [7, 11) is 0. The third kappa shape index (κ3) is 5.46. The van der Waals surface area contributed by atoms with Crippen molar-refractivity contribution in [1.29, 1.82) is 0 Å². The third-order valence-electron chi connectivity index (χ3n) is 5.16. The van der Waals surface area contributed by atoms with Crippen LogP contribution in [0.3, 0.4) is 0 Å². The van der Waals surface area contributed by atoms with E-state index < -0.39 is 0 Å². The summed E-state index contributed by atoms with van der Waals surface area (Å²) in [6.07, 6.45) is 0.834. The summed E-state index contributed by atoms with van der Waals surface area (Å²) in [6.45, 7) is 2.59. The monoisotopic (exact) mass is 484 g/mol. The smallest absolute Gasteiger partial charge is 0.132 e. The largest absolute Gasteiger partial charge is 0.489 e. The molecule has 0 heterocycles. The average molecular weight is 485 g/mol. The number of aryl methyl sites for hydroxylation is 1. The standard InChI is InChI=1S/C29H22BrFO/c1-2-24-19-25(30)13-17-27(24)28-16-12-22(18-29(28)31)9-8-21-10-14-26(15-11-21)32-20-23-6-4-3-5-7-23/h3-7,10-19H,2,20H2,1H3. The molecule has 32 heavy (non-hydrogen) atoms. The first-order valence-corrected chi connectivity index (χ1v) is 11.3. The van der Waals surface area contributed by atoms with Crippen molar-refractivity contribution in [2.45, 2.75) is 20.0 Å². The van der Waals surface area contributed by atoms with Crippen molar-refractivity contribution in [3.63, 3.8) is 0 Å². The Bertz CT molecular complexity index is 1270. The normalized spacial score (nSPS) is 10.3. The number of hydrogen-bond donors (Lipinski definition) is 0. The van der Waals surface area contributed by atoms with Gasteiger partial charge < -0.3 is 4.74 Å². The fourth-order valence-electron chi connectivity index (χ4n) is 3.45. The first-order valence-electron chi connectivity index (χ1n) is 10.5. The van der Waals surface area contributed by atoms with Gasteiger partial charge in [0.25, 0.3) is 0 Å². The summed E-state index contributed by atoms with van der Waals surface area (Å²) in [4.78, 5) is 0. The second-order valence-electron chi connectivity index (χ2n) is 7.40. The lowest BCUT2D eigenvalue weighted by atomic mass is 9.97. The van der Waals surface area contributed by atoms with Gasteiger partial charge in [-0.2, -0.15) is 0 Å². The lowest BCUT2D eigenvalue weighted by Crippen LogP contribution is -1.94. The maximum atomic E-state index is 14.9. The highest BCUT2D eigenvalue weighted by Gasteiger charge is 2.10. The van der Waals surface area contributed by atoms with Crippen molar-refractivity contribution in [3.8, 4) is 28.7 Å². The highest BCUT2D eigenvalue weighted by Crippen LogP contribution is 2.29. The van der Waals surface area contributed by atoms with E-state index in [9.17, 15) is 4.39 Å². The van der Waals surface area contributed by atoms with E-state index in [1.807, 2.05) is 84.9 Å². The van der Waals surface area contributed by atoms with Gasteiger partial charge in [0.2, 0.25) is 0 Å². The number of hydrogen-bond acceptors (Lipinski definition) is 1. The van der Waals surface area contributed by atoms with Crippen LogP contribution >= 0.6 is 15.9 Å². The van der Waals surface area contributed by atoms with Crippen molar-refractivity contribution in [1.82, 2.24) is 0 Å². The molecule has 3 heteroatoms. The molecule has 0 bridgehead atoms. The van der Waals surface area contributed by atoms with E-state index in [4.69, 9.17) is 4.74 Å².